The van der Waals surface area contributed by atoms with E-state index < -0.39 is 5.97 Å². The molecule has 3 heteroatoms. The Morgan fingerprint density at radius 1 is 1.45 bits per heavy atom. The summed E-state index contributed by atoms with van der Waals surface area (Å²) in [6.07, 6.45) is 7.01. The zero-order valence-electron chi connectivity index (χ0n) is 12.2. The minimum absolute atomic E-state index is 0.285. The van der Waals surface area contributed by atoms with Gasteiger partial charge < -0.3 is 10.4 Å². The number of anilines is 1. The number of nitrogens with one attached hydrogen (secondary N) is 1. The first kappa shape index (κ1) is 14.6. The van der Waals surface area contributed by atoms with Gasteiger partial charge in [-0.15, -0.1) is 0 Å². The van der Waals surface area contributed by atoms with Gasteiger partial charge in [0, 0.05) is 11.7 Å². The molecule has 1 aliphatic rings. The van der Waals surface area contributed by atoms with Crippen molar-refractivity contribution >= 4 is 11.7 Å². The second-order valence-corrected chi connectivity index (χ2v) is 5.82. The van der Waals surface area contributed by atoms with Gasteiger partial charge in [0.15, 0.2) is 0 Å². The van der Waals surface area contributed by atoms with Crippen molar-refractivity contribution in [3.05, 3.63) is 41.5 Å². The number of benzene rings is 1. The van der Waals surface area contributed by atoms with Gasteiger partial charge in [0.1, 0.15) is 0 Å². The minimum atomic E-state index is -0.878. The van der Waals surface area contributed by atoms with Gasteiger partial charge in [-0.2, -0.15) is 0 Å². The molecule has 0 fully saturated rings. The van der Waals surface area contributed by atoms with Crippen LogP contribution in [0, 0.1) is 5.92 Å². The van der Waals surface area contributed by atoms with E-state index in [0.29, 0.717) is 11.5 Å². The highest BCUT2D eigenvalue weighted by atomic mass is 16.4. The molecule has 108 valence electrons. The van der Waals surface area contributed by atoms with Gasteiger partial charge in [-0.1, -0.05) is 23.8 Å². The fourth-order valence-electron chi connectivity index (χ4n) is 2.85. The highest BCUT2D eigenvalue weighted by Crippen LogP contribution is 2.28. The summed E-state index contributed by atoms with van der Waals surface area (Å²) in [5.74, 6) is -0.172. The number of carboxylic acid groups (broad SMARTS) is 1. The molecule has 3 nitrogen and oxygen atoms in total. The topological polar surface area (TPSA) is 49.3 Å². The Bertz CT molecular complexity index is 507. The molecule has 2 rings (SSSR count). The predicted octanol–water partition coefficient (Wildman–Crippen LogP) is 4.32. The number of allylic oxidation sites excluding steroid dienone is 2. The first-order valence-corrected chi connectivity index (χ1v) is 7.30. The van der Waals surface area contributed by atoms with E-state index in [9.17, 15) is 9.90 Å². The average molecular weight is 273 g/mol. The zero-order chi connectivity index (χ0) is 14.5. The summed E-state index contributed by atoms with van der Waals surface area (Å²) in [6.45, 7) is 4.32. The summed E-state index contributed by atoms with van der Waals surface area (Å²) in [5, 5.41) is 12.5. The third-order valence-electron chi connectivity index (χ3n) is 3.99. The lowest BCUT2D eigenvalue weighted by Gasteiger charge is -2.25. The van der Waals surface area contributed by atoms with Crippen LogP contribution in [0.4, 0.5) is 5.69 Å². The van der Waals surface area contributed by atoms with E-state index in [2.05, 4.69) is 25.2 Å². The quantitative estimate of drug-likeness (QED) is 0.785. The molecule has 0 aliphatic heterocycles. The lowest BCUT2D eigenvalue weighted by atomic mass is 9.86. The predicted molar refractivity (Wildman–Crippen MR) is 82.2 cm³/mol. The molecular weight excluding hydrogens is 250 g/mol. The number of hydrogen-bond donors (Lipinski definition) is 2. The van der Waals surface area contributed by atoms with Crippen molar-refractivity contribution < 1.29 is 9.90 Å². The molecule has 0 radical (unpaired) electrons. The maximum absolute atomic E-state index is 11.2. The second-order valence-electron chi connectivity index (χ2n) is 5.82. The van der Waals surface area contributed by atoms with E-state index in [1.165, 1.54) is 18.4 Å². The Labute approximate surface area is 120 Å². The van der Waals surface area contributed by atoms with Crippen LogP contribution in [0.25, 0.3) is 0 Å². The van der Waals surface area contributed by atoms with E-state index in [-0.39, 0.29) is 6.04 Å². The number of hydrogen-bond acceptors (Lipinski definition) is 2. The van der Waals surface area contributed by atoms with Gasteiger partial charge >= 0.3 is 5.97 Å². The van der Waals surface area contributed by atoms with Crippen LogP contribution in [-0.4, -0.2) is 17.1 Å². The Balaban J connectivity index is 1.95. The number of carbonyl (C=O) groups is 1. The molecular formula is C17H23NO2. The van der Waals surface area contributed by atoms with Gasteiger partial charge in [-0.25, -0.2) is 4.79 Å². The van der Waals surface area contributed by atoms with E-state index in [4.69, 9.17) is 0 Å². The fraction of sp³-hybridized carbons (Fsp3) is 0.471. The van der Waals surface area contributed by atoms with Gasteiger partial charge in [0.25, 0.3) is 0 Å². The summed E-state index contributed by atoms with van der Waals surface area (Å²) in [5.41, 5.74) is 2.56. The Morgan fingerprint density at radius 2 is 2.20 bits per heavy atom. The maximum atomic E-state index is 11.2. The van der Waals surface area contributed by atoms with E-state index >= 15 is 0 Å². The third-order valence-corrected chi connectivity index (χ3v) is 3.99. The van der Waals surface area contributed by atoms with Crippen molar-refractivity contribution in [2.45, 2.75) is 45.6 Å². The van der Waals surface area contributed by atoms with Gasteiger partial charge in [0.05, 0.1) is 5.56 Å². The van der Waals surface area contributed by atoms with Gasteiger partial charge in [-0.05, 0) is 57.6 Å². The SMILES string of the molecule is CC1=CCC(CC(C)Nc2ccccc2C(=O)O)CC1. The molecule has 0 saturated heterocycles. The molecule has 0 aromatic heterocycles. The van der Waals surface area contributed by atoms with Crippen molar-refractivity contribution in [2.75, 3.05) is 5.32 Å². The Kier molecular flexibility index (Phi) is 4.83. The smallest absolute Gasteiger partial charge is 0.337 e. The van der Waals surface area contributed by atoms with Crippen LogP contribution < -0.4 is 5.32 Å². The van der Waals surface area contributed by atoms with Crippen molar-refractivity contribution in [2.24, 2.45) is 5.92 Å². The standard InChI is InChI=1S/C17H23NO2/c1-12-7-9-14(10-8-12)11-13(2)18-16-6-4-3-5-15(16)17(19)20/h3-7,13-14,18H,8-11H2,1-2H3,(H,19,20). The monoisotopic (exact) mass is 273 g/mol. The summed E-state index contributed by atoms with van der Waals surface area (Å²) in [7, 11) is 0. The number of carboxylic acids is 1. The summed E-state index contributed by atoms with van der Waals surface area (Å²) >= 11 is 0. The molecule has 1 aromatic rings. The Hall–Kier alpha value is -1.77. The van der Waals surface area contributed by atoms with Crippen LogP contribution in [-0.2, 0) is 0 Å². The number of aromatic carboxylic acids is 1. The molecule has 0 amide bonds. The fourth-order valence-corrected chi connectivity index (χ4v) is 2.85. The van der Waals surface area contributed by atoms with Gasteiger partial charge in [0.2, 0.25) is 0 Å². The van der Waals surface area contributed by atoms with Crippen molar-refractivity contribution in [1.82, 2.24) is 0 Å². The lowest BCUT2D eigenvalue weighted by molar-refractivity contribution is 0.0698. The van der Waals surface area contributed by atoms with E-state index in [1.54, 1.807) is 12.1 Å². The van der Waals surface area contributed by atoms with E-state index in [0.717, 1.165) is 18.5 Å². The molecule has 0 spiro atoms. The molecule has 1 aromatic carbocycles. The molecule has 20 heavy (non-hydrogen) atoms. The van der Waals surface area contributed by atoms with Crippen LogP contribution in [0.2, 0.25) is 0 Å². The van der Waals surface area contributed by atoms with Crippen molar-refractivity contribution in [3.63, 3.8) is 0 Å². The molecule has 2 unspecified atom stereocenters. The number of para-hydroxylation sites is 1. The first-order valence-electron chi connectivity index (χ1n) is 7.30. The van der Waals surface area contributed by atoms with Crippen LogP contribution in [0.5, 0.6) is 0 Å². The summed E-state index contributed by atoms with van der Waals surface area (Å²) < 4.78 is 0. The first-order chi connectivity index (χ1) is 9.56. The molecule has 0 saturated carbocycles. The largest absolute Gasteiger partial charge is 0.478 e. The van der Waals surface area contributed by atoms with Crippen molar-refractivity contribution in [3.8, 4) is 0 Å². The lowest BCUT2D eigenvalue weighted by Crippen LogP contribution is -2.21. The van der Waals surface area contributed by atoms with Crippen LogP contribution >= 0.6 is 0 Å². The molecule has 1 aliphatic carbocycles. The number of rotatable bonds is 5. The van der Waals surface area contributed by atoms with Crippen molar-refractivity contribution in [1.29, 1.82) is 0 Å². The second kappa shape index (κ2) is 6.60. The van der Waals surface area contributed by atoms with Gasteiger partial charge in [-0.3, -0.25) is 0 Å². The van der Waals surface area contributed by atoms with Crippen LogP contribution in [0.1, 0.15) is 49.9 Å². The normalized spacial score (nSPS) is 20.1. The molecule has 0 bridgehead atoms. The van der Waals surface area contributed by atoms with Crippen LogP contribution in [0.3, 0.4) is 0 Å². The third kappa shape index (κ3) is 3.86. The summed E-state index contributed by atoms with van der Waals surface area (Å²) in [6, 6.07) is 7.39. The zero-order valence-corrected chi connectivity index (χ0v) is 12.2. The summed E-state index contributed by atoms with van der Waals surface area (Å²) in [4.78, 5) is 11.2. The molecule has 0 heterocycles. The minimum Gasteiger partial charge on any atom is -0.478 e. The average Bonchev–Trinajstić information content (AvgIpc) is 2.41. The molecule has 2 atom stereocenters. The maximum Gasteiger partial charge on any atom is 0.337 e. The van der Waals surface area contributed by atoms with Crippen LogP contribution in [0.15, 0.2) is 35.9 Å². The van der Waals surface area contributed by atoms with E-state index in [1.807, 2.05) is 12.1 Å². The highest BCUT2D eigenvalue weighted by molar-refractivity contribution is 5.94. The molecule has 2 N–H and O–H groups in total. The Morgan fingerprint density at radius 3 is 2.85 bits per heavy atom. The highest BCUT2D eigenvalue weighted by Gasteiger charge is 2.17.